The van der Waals surface area contributed by atoms with Gasteiger partial charge in [-0.3, -0.25) is 9.59 Å². The summed E-state index contributed by atoms with van der Waals surface area (Å²) in [7, 11) is 1.62. The van der Waals surface area contributed by atoms with E-state index >= 15 is 0 Å². The second-order valence-corrected chi connectivity index (χ2v) is 6.37. The lowest BCUT2D eigenvalue weighted by atomic mass is 10.1. The molecule has 2 aromatic rings. The number of nitrogens with one attached hydrogen (secondary N) is 1. The van der Waals surface area contributed by atoms with Crippen LogP contribution in [0.2, 0.25) is 0 Å². The molecule has 0 saturated heterocycles. The molecule has 0 aliphatic carbocycles. The minimum Gasteiger partial charge on any atom is -0.496 e. The third-order valence-electron chi connectivity index (χ3n) is 4.28. The van der Waals surface area contributed by atoms with E-state index in [1.165, 1.54) is 6.92 Å². The van der Waals surface area contributed by atoms with Crippen LogP contribution in [0.5, 0.6) is 5.75 Å². The molecule has 5 nitrogen and oxygen atoms in total. The van der Waals surface area contributed by atoms with Crippen LogP contribution in [-0.4, -0.2) is 36.9 Å². The maximum atomic E-state index is 12.4. The molecule has 0 aromatic heterocycles. The topological polar surface area (TPSA) is 58.6 Å². The zero-order chi connectivity index (χ0) is 19.1. The van der Waals surface area contributed by atoms with Gasteiger partial charge in [-0.1, -0.05) is 35.9 Å². The Morgan fingerprint density at radius 1 is 1.12 bits per heavy atom. The van der Waals surface area contributed by atoms with Crippen molar-refractivity contribution in [3.8, 4) is 5.75 Å². The van der Waals surface area contributed by atoms with E-state index in [4.69, 9.17) is 4.74 Å². The van der Waals surface area contributed by atoms with Gasteiger partial charge in [0.05, 0.1) is 13.7 Å². The number of hydrogen-bond donors (Lipinski definition) is 1. The molecule has 0 bridgehead atoms. The van der Waals surface area contributed by atoms with Crippen molar-refractivity contribution in [3.63, 3.8) is 0 Å². The van der Waals surface area contributed by atoms with E-state index in [0.717, 1.165) is 28.1 Å². The number of carbonyl (C=O) groups is 2. The van der Waals surface area contributed by atoms with Gasteiger partial charge in [0.2, 0.25) is 11.8 Å². The number of nitrogens with zero attached hydrogens (tertiary/aromatic N) is 1. The van der Waals surface area contributed by atoms with Crippen LogP contribution in [0, 0.1) is 13.8 Å². The van der Waals surface area contributed by atoms with Crippen LogP contribution >= 0.6 is 0 Å². The molecule has 1 N–H and O–H groups in total. The van der Waals surface area contributed by atoms with Crippen LogP contribution in [0.3, 0.4) is 0 Å². The number of aryl methyl sites for hydroxylation is 2. The molecule has 0 saturated carbocycles. The molecule has 0 aliphatic rings. The predicted octanol–water partition coefficient (Wildman–Crippen LogP) is 3.34. The second-order valence-electron chi connectivity index (χ2n) is 6.37. The van der Waals surface area contributed by atoms with Crippen LogP contribution in [0.25, 0.3) is 0 Å². The van der Waals surface area contributed by atoms with Crippen molar-refractivity contribution in [2.75, 3.05) is 25.5 Å². The average molecular weight is 354 g/mol. The Morgan fingerprint density at radius 3 is 2.50 bits per heavy atom. The Bertz CT molecular complexity index is 787. The summed E-state index contributed by atoms with van der Waals surface area (Å²) in [5, 5.41) is 2.89. The Hall–Kier alpha value is -2.82. The van der Waals surface area contributed by atoms with Crippen LogP contribution in [0.1, 0.15) is 23.6 Å². The first kappa shape index (κ1) is 19.5. The zero-order valence-corrected chi connectivity index (χ0v) is 15.8. The number of hydrogen-bond acceptors (Lipinski definition) is 3. The molecule has 0 atom stereocenters. The third-order valence-corrected chi connectivity index (χ3v) is 4.28. The number of methoxy groups -OCH3 is 1. The molecule has 2 aromatic carbocycles. The summed E-state index contributed by atoms with van der Waals surface area (Å²) in [5.74, 6) is 0.457. The number of carbonyl (C=O) groups excluding carboxylic acids is 2. The molecular weight excluding hydrogens is 328 g/mol. The fraction of sp³-hybridized carbons (Fsp3) is 0.333. The van der Waals surface area contributed by atoms with Crippen LogP contribution in [0.4, 0.5) is 5.69 Å². The molecule has 0 fully saturated rings. The van der Waals surface area contributed by atoms with Gasteiger partial charge in [0.1, 0.15) is 5.75 Å². The normalized spacial score (nSPS) is 10.3. The second kappa shape index (κ2) is 9.04. The first-order chi connectivity index (χ1) is 12.4. The number of para-hydroxylation sites is 1. The maximum Gasteiger partial charge on any atom is 0.244 e. The number of benzene rings is 2. The van der Waals surface area contributed by atoms with Crippen molar-refractivity contribution >= 4 is 17.5 Å². The highest BCUT2D eigenvalue weighted by molar-refractivity contribution is 5.94. The van der Waals surface area contributed by atoms with Crippen molar-refractivity contribution in [3.05, 3.63) is 59.2 Å². The lowest BCUT2D eigenvalue weighted by Crippen LogP contribution is -2.38. The van der Waals surface area contributed by atoms with Gasteiger partial charge in [-0.05, 0) is 43.5 Å². The largest absolute Gasteiger partial charge is 0.496 e. The van der Waals surface area contributed by atoms with Crippen molar-refractivity contribution < 1.29 is 14.3 Å². The van der Waals surface area contributed by atoms with Crippen LogP contribution in [0.15, 0.2) is 42.5 Å². The summed E-state index contributed by atoms with van der Waals surface area (Å²) < 4.78 is 5.34. The van der Waals surface area contributed by atoms with E-state index < -0.39 is 0 Å². The Morgan fingerprint density at radius 2 is 1.85 bits per heavy atom. The van der Waals surface area contributed by atoms with E-state index in [0.29, 0.717) is 13.0 Å². The standard InChI is InChI=1S/C21H26N2O3/c1-15-9-10-19(16(2)13-15)22-21(25)14-23(17(3)24)12-11-18-7-5-6-8-20(18)26-4/h5-10,13H,11-12,14H2,1-4H3,(H,22,25). The molecule has 0 heterocycles. The number of anilines is 1. The Balaban J connectivity index is 1.99. The van der Waals surface area contributed by atoms with Gasteiger partial charge < -0.3 is 15.0 Å². The highest BCUT2D eigenvalue weighted by atomic mass is 16.5. The molecule has 2 amide bonds. The first-order valence-corrected chi connectivity index (χ1v) is 8.65. The van der Waals surface area contributed by atoms with E-state index in [1.807, 2.05) is 56.3 Å². The number of ether oxygens (including phenoxy) is 1. The number of rotatable bonds is 7. The molecule has 138 valence electrons. The molecule has 5 heteroatoms. The molecule has 0 aliphatic heterocycles. The van der Waals surface area contributed by atoms with E-state index in [1.54, 1.807) is 12.0 Å². The van der Waals surface area contributed by atoms with Crippen LogP contribution in [-0.2, 0) is 16.0 Å². The monoisotopic (exact) mass is 354 g/mol. The molecule has 0 radical (unpaired) electrons. The minimum atomic E-state index is -0.202. The van der Waals surface area contributed by atoms with E-state index in [2.05, 4.69) is 5.32 Å². The SMILES string of the molecule is COc1ccccc1CCN(CC(=O)Nc1ccc(C)cc1C)C(C)=O. The van der Waals surface area contributed by atoms with Crippen molar-refractivity contribution in [2.45, 2.75) is 27.2 Å². The molecule has 2 rings (SSSR count). The number of amides is 2. The lowest BCUT2D eigenvalue weighted by molar-refractivity contribution is -0.132. The van der Waals surface area contributed by atoms with Gasteiger partial charge in [0.15, 0.2) is 0 Å². The quantitative estimate of drug-likeness (QED) is 0.830. The first-order valence-electron chi connectivity index (χ1n) is 8.65. The van der Waals surface area contributed by atoms with Crippen molar-refractivity contribution in [1.82, 2.24) is 4.90 Å². The highest BCUT2D eigenvalue weighted by Crippen LogP contribution is 2.18. The average Bonchev–Trinajstić information content (AvgIpc) is 2.61. The van der Waals surface area contributed by atoms with Crippen molar-refractivity contribution in [1.29, 1.82) is 0 Å². The molecule has 0 unspecified atom stereocenters. The van der Waals surface area contributed by atoms with Gasteiger partial charge in [0.25, 0.3) is 0 Å². The van der Waals surface area contributed by atoms with Crippen LogP contribution < -0.4 is 10.1 Å². The maximum absolute atomic E-state index is 12.4. The third kappa shape index (κ3) is 5.34. The summed E-state index contributed by atoms with van der Waals surface area (Å²) in [6.45, 7) is 5.92. The molecule has 0 spiro atoms. The highest BCUT2D eigenvalue weighted by Gasteiger charge is 2.15. The van der Waals surface area contributed by atoms with Gasteiger partial charge in [-0.25, -0.2) is 0 Å². The Labute approximate surface area is 155 Å². The summed E-state index contributed by atoms with van der Waals surface area (Å²) >= 11 is 0. The summed E-state index contributed by atoms with van der Waals surface area (Å²) in [5.41, 5.74) is 3.93. The van der Waals surface area contributed by atoms with E-state index in [-0.39, 0.29) is 18.4 Å². The zero-order valence-electron chi connectivity index (χ0n) is 15.8. The summed E-state index contributed by atoms with van der Waals surface area (Å²) in [4.78, 5) is 25.8. The summed E-state index contributed by atoms with van der Waals surface area (Å²) in [6.07, 6.45) is 0.625. The minimum absolute atomic E-state index is 0.0256. The lowest BCUT2D eigenvalue weighted by Gasteiger charge is -2.21. The van der Waals surface area contributed by atoms with Gasteiger partial charge in [0, 0.05) is 19.2 Å². The fourth-order valence-corrected chi connectivity index (χ4v) is 2.83. The van der Waals surface area contributed by atoms with Gasteiger partial charge in [-0.15, -0.1) is 0 Å². The van der Waals surface area contributed by atoms with E-state index in [9.17, 15) is 9.59 Å². The Kier molecular flexibility index (Phi) is 6.78. The van der Waals surface area contributed by atoms with Crippen molar-refractivity contribution in [2.24, 2.45) is 0 Å². The molecular formula is C21H26N2O3. The van der Waals surface area contributed by atoms with Gasteiger partial charge in [-0.2, -0.15) is 0 Å². The van der Waals surface area contributed by atoms with Gasteiger partial charge >= 0.3 is 0 Å². The fourth-order valence-electron chi connectivity index (χ4n) is 2.83. The summed E-state index contributed by atoms with van der Waals surface area (Å²) in [6, 6.07) is 13.5. The predicted molar refractivity (Wildman–Crippen MR) is 103 cm³/mol. The molecule has 26 heavy (non-hydrogen) atoms. The smallest absolute Gasteiger partial charge is 0.244 e.